The van der Waals surface area contributed by atoms with Gasteiger partial charge in [-0.15, -0.1) is 12.6 Å². The molecule has 0 bridgehead atoms. The van der Waals surface area contributed by atoms with Gasteiger partial charge in [-0.05, 0) is 37.0 Å². The first-order chi connectivity index (χ1) is 13.4. The van der Waals surface area contributed by atoms with Crippen molar-refractivity contribution in [1.29, 1.82) is 0 Å². The zero-order valence-corrected chi connectivity index (χ0v) is 16.5. The monoisotopic (exact) mass is 424 g/mol. The van der Waals surface area contributed by atoms with E-state index in [1.165, 1.54) is 7.11 Å². The second kappa shape index (κ2) is 7.37. The van der Waals surface area contributed by atoms with Crippen LogP contribution < -0.4 is 4.74 Å². The topological polar surface area (TPSA) is 27.1 Å². The molecule has 0 saturated heterocycles. The third kappa shape index (κ3) is 3.16. The Morgan fingerprint density at radius 1 is 1.18 bits per heavy atom. The van der Waals surface area contributed by atoms with Crippen molar-refractivity contribution in [2.24, 2.45) is 0 Å². The van der Waals surface area contributed by atoms with Crippen LogP contribution in [0.4, 0.5) is 13.2 Å². The summed E-state index contributed by atoms with van der Waals surface area (Å²) in [5.41, 5.74) is 2.68. The summed E-state index contributed by atoms with van der Waals surface area (Å²) >= 11 is 10.5. The Morgan fingerprint density at radius 3 is 2.57 bits per heavy atom. The zero-order valence-electron chi connectivity index (χ0n) is 14.8. The summed E-state index contributed by atoms with van der Waals surface area (Å²) in [6, 6.07) is 7.40. The number of imidazole rings is 1. The van der Waals surface area contributed by atoms with E-state index >= 15 is 0 Å². The molecule has 1 aliphatic rings. The third-order valence-corrected chi connectivity index (χ3v) is 5.62. The highest BCUT2D eigenvalue weighted by Crippen LogP contribution is 2.41. The molecule has 1 unspecified atom stereocenters. The second-order valence-electron chi connectivity index (χ2n) is 6.64. The molecule has 28 heavy (non-hydrogen) atoms. The fraction of sp³-hybridized carbons (Fsp3) is 0.250. The fourth-order valence-electron chi connectivity index (χ4n) is 3.76. The minimum Gasteiger partial charge on any atom is -0.495 e. The van der Waals surface area contributed by atoms with E-state index in [1.807, 2.05) is 12.1 Å². The van der Waals surface area contributed by atoms with Crippen molar-refractivity contribution in [1.82, 2.24) is 9.55 Å². The van der Waals surface area contributed by atoms with Crippen LogP contribution in [-0.2, 0) is 6.42 Å². The number of hydrogen-bond donors (Lipinski definition) is 1. The van der Waals surface area contributed by atoms with Gasteiger partial charge in [-0.1, -0.05) is 17.7 Å². The molecular weight excluding hydrogens is 409 g/mol. The van der Waals surface area contributed by atoms with Crippen LogP contribution in [0.3, 0.4) is 0 Å². The van der Waals surface area contributed by atoms with E-state index < -0.39 is 17.5 Å². The minimum absolute atomic E-state index is 0.0977. The summed E-state index contributed by atoms with van der Waals surface area (Å²) in [5.74, 6) is -3.57. The van der Waals surface area contributed by atoms with Gasteiger partial charge in [0.15, 0.2) is 22.6 Å². The lowest BCUT2D eigenvalue weighted by atomic mass is 9.84. The molecule has 1 atom stereocenters. The summed E-state index contributed by atoms with van der Waals surface area (Å²) in [5, 5.41) is 0.789. The number of benzene rings is 2. The molecule has 4 rings (SSSR count). The van der Waals surface area contributed by atoms with Crippen molar-refractivity contribution in [3.8, 4) is 11.4 Å². The third-order valence-electron chi connectivity index (χ3n) is 5.01. The zero-order chi connectivity index (χ0) is 20.0. The number of fused-ring (bicyclic) bond motifs is 1. The van der Waals surface area contributed by atoms with Crippen molar-refractivity contribution in [3.05, 3.63) is 69.8 Å². The normalized spacial score (nSPS) is 16.1. The number of hydrogen-bond acceptors (Lipinski definition) is 3. The smallest absolute Gasteiger partial charge is 0.194 e. The number of aryl methyl sites for hydroxylation is 1. The average Bonchev–Trinajstić information content (AvgIpc) is 3.02. The molecule has 0 amide bonds. The predicted molar refractivity (Wildman–Crippen MR) is 103 cm³/mol. The van der Waals surface area contributed by atoms with Gasteiger partial charge >= 0.3 is 0 Å². The van der Waals surface area contributed by atoms with Crippen LogP contribution in [0.15, 0.2) is 35.5 Å². The summed E-state index contributed by atoms with van der Waals surface area (Å²) in [7, 11) is 1.54. The van der Waals surface area contributed by atoms with E-state index in [4.69, 9.17) is 16.3 Å². The number of thiol groups is 1. The molecule has 0 spiro atoms. The first-order valence-electron chi connectivity index (χ1n) is 8.69. The van der Waals surface area contributed by atoms with Crippen LogP contribution in [0.2, 0.25) is 5.02 Å². The Bertz CT molecular complexity index is 1050. The van der Waals surface area contributed by atoms with E-state index in [0.717, 1.165) is 48.3 Å². The van der Waals surface area contributed by atoms with Gasteiger partial charge in [0.25, 0.3) is 0 Å². The molecule has 0 N–H and O–H groups in total. The molecule has 146 valence electrons. The van der Waals surface area contributed by atoms with Crippen molar-refractivity contribution < 1.29 is 17.9 Å². The molecule has 3 aromatic rings. The van der Waals surface area contributed by atoms with Crippen LogP contribution in [0.25, 0.3) is 5.69 Å². The number of aromatic nitrogens is 2. The van der Waals surface area contributed by atoms with Gasteiger partial charge in [-0.3, -0.25) is 4.57 Å². The molecule has 8 heteroatoms. The molecule has 0 saturated carbocycles. The van der Waals surface area contributed by atoms with Gasteiger partial charge in [0.05, 0.1) is 29.2 Å². The summed E-state index contributed by atoms with van der Waals surface area (Å²) in [6.07, 6.45) is 2.44. The lowest BCUT2D eigenvalue weighted by Gasteiger charge is -2.25. The highest BCUT2D eigenvalue weighted by molar-refractivity contribution is 7.80. The Morgan fingerprint density at radius 2 is 1.89 bits per heavy atom. The highest BCUT2D eigenvalue weighted by atomic mass is 35.5. The van der Waals surface area contributed by atoms with E-state index in [1.54, 1.807) is 10.6 Å². The van der Waals surface area contributed by atoms with Crippen molar-refractivity contribution >= 4 is 24.2 Å². The Balaban J connectivity index is 1.90. The van der Waals surface area contributed by atoms with Gasteiger partial charge in [0, 0.05) is 18.1 Å². The van der Waals surface area contributed by atoms with Gasteiger partial charge in [-0.25, -0.2) is 18.2 Å². The number of rotatable bonds is 3. The van der Waals surface area contributed by atoms with Crippen molar-refractivity contribution in [2.75, 3.05) is 7.11 Å². The molecule has 2 aromatic carbocycles. The Hall–Kier alpha value is -2.12. The molecule has 0 aliphatic heterocycles. The Kier molecular flexibility index (Phi) is 5.05. The van der Waals surface area contributed by atoms with E-state index in [0.29, 0.717) is 15.9 Å². The standard InChI is InChI=1S/C20H16ClF3N2OS/c1-27-17-7-10(5-6-13(17)21)12-3-2-4-16-19(12)26(20(28)25-16)11-8-14(22)18(24)15(23)9-11/h5-9,12H,2-4H2,1H3,(H,25,28). The van der Waals surface area contributed by atoms with E-state index in [-0.39, 0.29) is 11.6 Å². The van der Waals surface area contributed by atoms with Crippen LogP contribution >= 0.6 is 24.2 Å². The lowest BCUT2D eigenvalue weighted by molar-refractivity contribution is 0.414. The van der Waals surface area contributed by atoms with Crippen molar-refractivity contribution in [3.63, 3.8) is 0 Å². The van der Waals surface area contributed by atoms with Gasteiger partial charge in [-0.2, -0.15) is 0 Å². The fourth-order valence-corrected chi connectivity index (χ4v) is 4.30. The molecule has 1 heterocycles. The van der Waals surface area contributed by atoms with Crippen LogP contribution in [-0.4, -0.2) is 16.7 Å². The van der Waals surface area contributed by atoms with Gasteiger partial charge < -0.3 is 4.74 Å². The summed E-state index contributed by atoms with van der Waals surface area (Å²) in [4.78, 5) is 4.48. The summed E-state index contributed by atoms with van der Waals surface area (Å²) < 4.78 is 48.0. The number of ether oxygens (including phenoxy) is 1. The first kappa shape index (κ1) is 19.2. The molecule has 0 radical (unpaired) electrons. The number of halogens is 4. The first-order valence-corrected chi connectivity index (χ1v) is 9.52. The van der Waals surface area contributed by atoms with Crippen molar-refractivity contribution in [2.45, 2.75) is 30.3 Å². The highest BCUT2D eigenvalue weighted by Gasteiger charge is 2.30. The lowest BCUT2D eigenvalue weighted by Crippen LogP contribution is -2.15. The van der Waals surface area contributed by atoms with Crippen LogP contribution in [0.1, 0.15) is 35.7 Å². The van der Waals surface area contributed by atoms with E-state index in [9.17, 15) is 13.2 Å². The maximum Gasteiger partial charge on any atom is 0.194 e. The predicted octanol–water partition coefficient (Wildman–Crippen LogP) is 5.71. The van der Waals surface area contributed by atoms with Crippen LogP contribution in [0, 0.1) is 17.5 Å². The summed E-state index contributed by atoms with van der Waals surface area (Å²) in [6.45, 7) is 0. The number of nitrogens with zero attached hydrogens (tertiary/aromatic N) is 2. The second-order valence-corrected chi connectivity index (χ2v) is 7.45. The quantitative estimate of drug-likeness (QED) is 0.430. The molecule has 3 nitrogen and oxygen atoms in total. The minimum atomic E-state index is -1.50. The molecule has 1 aliphatic carbocycles. The van der Waals surface area contributed by atoms with E-state index in [2.05, 4.69) is 17.6 Å². The molecule has 1 aromatic heterocycles. The average molecular weight is 425 g/mol. The maximum atomic E-state index is 13.9. The largest absolute Gasteiger partial charge is 0.495 e. The van der Waals surface area contributed by atoms with Crippen LogP contribution in [0.5, 0.6) is 5.75 Å². The maximum absolute atomic E-state index is 13.9. The SMILES string of the molecule is COc1cc(C2CCCc3nc(S)n(-c4cc(F)c(F)c(F)c4)c32)ccc1Cl. The van der Waals surface area contributed by atoms with Gasteiger partial charge in [0.1, 0.15) is 5.75 Å². The molecule has 0 fully saturated rings. The molecular formula is C20H16ClF3N2OS. The Labute approximate surface area is 170 Å². The number of methoxy groups -OCH3 is 1. The van der Waals surface area contributed by atoms with Gasteiger partial charge in [0.2, 0.25) is 0 Å².